The minimum atomic E-state index is 0.496. The summed E-state index contributed by atoms with van der Waals surface area (Å²) in [5.41, 5.74) is 2.33. The summed E-state index contributed by atoms with van der Waals surface area (Å²) >= 11 is 25.7. The molecule has 3 rings (SSSR count). The molecular weight excluding hydrogens is 382 g/mol. The number of aromatic nitrogens is 1. The fourth-order valence-electron chi connectivity index (χ4n) is 1.84. The van der Waals surface area contributed by atoms with E-state index >= 15 is 0 Å². The first-order valence-corrected chi connectivity index (χ1v) is 8.56. The van der Waals surface area contributed by atoms with Gasteiger partial charge in [0.2, 0.25) is 0 Å². The second-order valence-corrected chi connectivity index (χ2v) is 6.88. The molecule has 0 aliphatic heterocycles. The average molecular weight is 390 g/mol. The molecule has 1 N–H and O–H groups in total. The van der Waals surface area contributed by atoms with Crippen molar-refractivity contribution in [3.8, 4) is 11.3 Å². The number of anilines is 2. The molecule has 0 radical (unpaired) electrons. The molecule has 0 aliphatic rings. The minimum absolute atomic E-state index is 0.496. The van der Waals surface area contributed by atoms with Gasteiger partial charge >= 0.3 is 0 Å². The molecule has 0 atom stereocenters. The highest BCUT2D eigenvalue weighted by Gasteiger charge is 2.10. The fraction of sp³-hybridized carbons (Fsp3) is 0. The van der Waals surface area contributed by atoms with Crippen molar-refractivity contribution in [2.75, 3.05) is 5.32 Å². The number of para-hydroxylation sites is 1. The Bertz CT molecular complexity index is 812. The SMILES string of the molecule is Clc1ccc(-c2csc(Nc3c(Cl)cccc3Cl)n2)cc1Cl. The summed E-state index contributed by atoms with van der Waals surface area (Å²) in [6.45, 7) is 0. The summed E-state index contributed by atoms with van der Waals surface area (Å²) in [6.07, 6.45) is 0. The van der Waals surface area contributed by atoms with Crippen molar-refractivity contribution in [3.05, 3.63) is 61.9 Å². The average Bonchev–Trinajstić information content (AvgIpc) is 2.95. The van der Waals surface area contributed by atoms with Gasteiger partial charge in [0.25, 0.3) is 0 Å². The lowest BCUT2D eigenvalue weighted by atomic mass is 10.2. The molecule has 7 heteroatoms. The van der Waals surface area contributed by atoms with Gasteiger partial charge in [0.15, 0.2) is 5.13 Å². The lowest BCUT2D eigenvalue weighted by Crippen LogP contribution is -1.91. The van der Waals surface area contributed by atoms with Crippen molar-refractivity contribution < 1.29 is 0 Å². The summed E-state index contributed by atoms with van der Waals surface area (Å²) in [5.74, 6) is 0. The van der Waals surface area contributed by atoms with Gasteiger partial charge in [-0.2, -0.15) is 0 Å². The predicted octanol–water partition coefficient (Wildman–Crippen LogP) is 7.17. The highest BCUT2D eigenvalue weighted by atomic mass is 35.5. The molecule has 0 saturated heterocycles. The van der Waals surface area contributed by atoms with E-state index in [-0.39, 0.29) is 0 Å². The van der Waals surface area contributed by atoms with Crippen LogP contribution in [0, 0.1) is 0 Å². The molecule has 1 aromatic heterocycles. The van der Waals surface area contributed by atoms with E-state index in [1.807, 2.05) is 11.4 Å². The van der Waals surface area contributed by atoms with E-state index in [1.54, 1.807) is 30.3 Å². The van der Waals surface area contributed by atoms with Gasteiger partial charge in [-0.1, -0.05) is 58.5 Å². The van der Waals surface area contributed by atoms with E-state index in [0.717, 1.165) is 11.3 Å². The Morgan fingerprint density at radius 1 is 0.864 bits per heavy atom. The van der Waals surface area contributed by atoms with Gasteiger partial charge in [-0.05, 0) is 24.3 Å². The van der Waals surface area contributed by atoms with Crippen molar-refractivity contribution in [3.63, 3.8) is 0 Å². The highest BCUT2D eigenvalue weighted by molar-refractivity contribution is 7.14. The van der Waals surface area contributed by atoms with E-state index in [2.05, 4.69) is 10.3 Å². The van der Waals surface area contributed by atoms with Gasteiger partial charge in [-0.25, -0.2) is 4.98 Å². The van der Waals surface area contributed by atoms with Gasteiger partial charge in [0, 0.05) is 10.9 Å². The minimum Gasteiger partial charge on any atom is -0.329 e. The zero-order chi connectivity index (χ0) is 15.7. The van der Waals surface area contributed by atoms with Crippen LogP contribution in [0.25, 0.3) is 11.3 Å². The van der Waals surface area contributed by atoms with Crippen molar-refractivity contribution >= 4 is 68.6 Å². The quantitative estimate of drug-likeness (QED) is 0.513. The molecule has 2 aromatic carbocycles. The van der Waals surface area contributed by atoms with Crippen LogP contribution in [0.4, 0.5) is 10.8 Å². The van der Waals surface area contributed by atoms with E-state index in [4.69, 9.17) is 46.4 Å². The Kier molecular flexibility index (Phi) is 4.81. The number of hydrogen-bond donors (Lipinski definition) is 1. The molecule has 0 bridgehead atoms. The standard InChI is InChI=1S/C15H8Cl4N2S/c16-9-5-4-8(6-12(9)19)13-7-22-15(20-13)21-14-10(17)2-1-3-11(14)18/h1-7H,(H,20,21). The summed E-state index contributed by atoms with van der Waals surface area (Å²) < 4.78 is 0. The molecule has 0 fully saturated rings. The van der Waals surface area contributed by atoms with Crippen molar-refractivity contribution in [2.24, 2.45) is 0 Å². The van der Waals surface area contributed by atoms with Gasteiger partial charge in [0.1, 0.15) is 0 Å². The Morgan fingerprint density at radius 2 is 1.59 bits per heavy atom. The maximum absolute atomic E-state index is 6.14. The smallest absolute Gasteiger partial charge is 0.187 e. The molecule has 0 aliphatic carbocycles. The summed E-state index contributed by atoms with van der Waals surface area (Å²) in [6, 6.07) is 10.7. The maximum atomic E-state index is 6.14. The normalized spacial score (nSPS) is 10.7. The third kappa shape index (κ3) is 3.34. The molecule has 22 heavy (non-hydrogen) atoms. The fourth-order valence-corrected chi connectivity index (χ4v) is 3.36. The van der Waals surface area contributed by atoms with Crippen molar-refractivity contribution in [1.82, 2.24) is 4.98 Å². The molecule has 0 unspecified atom stereocenters. The second kappa shape index (κ2) is 6.65. The first kappa shape index (κ1) is 15.9. The number of rotatable bonds is 3. The number of nitrogens with zero attached hydrogens (tertiary/aromatic N) is 1. The Balaban J connectivity index is 1.89. The van der Waals surface area contributed by atoms with Crippen LogP contribution in [0.3, 0.4) is 0 Å². The van der Waals surface area contributed by atoms with Crippen molar-refractivity contribution in [2.45, 2.75) is 0 Å². The molecule has 3 aromatic rings. The summed E-state index contributed by atoms with van der Waals surface area (Å²) in [5, 5.41) is 7.85. The van der Waals surface area contributed by atoms with Crippen LogP contribution >= 0.6 is 57.7 Å². The second-order valence-electron chi connectivity index (χ2n) is 4.39. The largest absolute Gasteiger partial charge is 0.329 e. The molecule has 112 valence electrons. The van der Waals surface area contributed by atoms with Crippen LogP contribution in [0.15, 0.2) is 41.8 Å². The van der Waals surface area contributed by atoms with Crippen LogP contribution in [0.5, 0.6) is 0 Å². The third-order valence-corrected chi connectivity index (χ3v) is 5.04. The molecule has 0 saturated carbocycles. The number of thiazole rings is 1. The number of halogens is 4. The van der Waals surface area contributed by atoms with Gasteiger partial charge in [0.05, 0.1) is 31.5 Å². The van der Waals surface area contributed by atoms with E-state index < -0.39 is 0 Å². The van der Waals surface area contributed by atoms with Crippen LogP contribution < -0.4 is 5.32 Å². The van der Waals surface area contributed by atoms with Crippen LogP contribution in [-0.4, -0.2) is 4.98 Å². The zero-order valence-corrected chi connectivity index (χ0v) is 14.7. The van der Waals surface area contributed by atoms with E-state index in [1.165, 1.54) is 11.3 Å². The highest BCUT2D eigenvalue weighted by Crippen LogP contribution is 2.35. The predicted molar refractivity (Wildman–Crippen MR) is 97.3 cm³/mol. The van der Waals surface area contributed by atoms with E-state index in [0.29, 0.717) is 30.9 Å². The maximum Gasteiger partial charge on any atom is 0.187 e. The van der Waals surface area contributed by atoms with Crippen LogP contribution in [0.1, 0.15) is 0 Å². The lowest BCUT2D eigenvalue weighted by molar-refractivity contribution is 1.38. The first-order chi connectivity index (χ1) is 10.5. The third-order valence-electron chi connectivity index (χ3n) is 2.91. The molecule has 1 heterocycles. The molecule has 0 spiro atoms. The number of nitrogens with one attached hydrogen (secondary N) is 1. The van der Waals surface area contributed by atoms with Crippen molar-refractivity contribution in [1.29, 1.82) is 0 Å². The van der Waals surface area contributed by atoms with Crippen LogP contribution in [-0.2, 0) is 0 Å². The summed E-state index contributed by atoms with van der Waals surface area (Å²) in [7, 11) is 0. The topological polar surface area (TPSA) is 24.9 Å². The van der Waals surface area contributed by atoms with Gasteiger partial charge in [-0.15, -0.1) is 11.3 Å². The summed E-state index contributed by atoms with van der Waals surface area (Å²) in [4.78, 5) is 4.52. The number of hydrogen-bond acceptors (Lipinski definition) is 3. The Labute approximate surface area is 151 Å². The Hall–Kier alpha value is -0.970. The van der Waals surface area contributed by atoms with E-state index in [9.17, 15) is 0 Å². The van der Waals surface area contributed by atoms with Crippen LogP contribution in [0.2, 0.25) is 20.1 Å². The van der Waals surface area contributed by atoms with Gasteiger partial charge < -0.3 is 5.32 Å². The Morgan fingerprint density at radius 3 is 2.27 bits per heavy atom. The molecule has 2 nitrogen and oxygen atoms in total. The zero-order valence-electron chi connectivity index (χ0n) is 10.9. The lowest BCUT2D eigenvalue weighted by Gasteiger charge is -2.07. The molecular formula is C15H8Cl4N2S. The first-order valence-electron chi connectivity index (χ1n) is 6.16. The number of benzene rings is 2. The molecule has 0 amide bonds. The van der Waals surface area contributed by atoms with Gasteiger partial charge in [-0.3, -0.25) is 0 Å². The monoisotopic (exact) mass is 388 g/mol.